The summed E-state index contributed by atoms with van der Waals surface area (Å²) < 4.78 is 20.1. The van der Waals surface area contributed by atoms with E-state index in [0.29, 0.717) is 41.8 Å². The molecule has 0 saturated heterocycles. The van der Waals surface area contributed by atoms with Crippen molar-refractivity contribution in [3.63, 3.8) is 0 Å². The maximum absolute atomic E-state index is 13.1. The van der Waals surface area contributed by atoms with Gasteiger partial charge in [0.05, 0.1) is 37.0 Å². The smallest absolute Gasteiger partial charge is 0.252 e. The molecule has 1 saturated carbocycles. The number of hydrogen-bond acceptors (Lipinski definition) is 9. The number of carbonyl (C=O) groups is 1. The molecule has 4 aromatic heterocycles. The highest BCUT2D eigenvalue weighted by Crippen LogP contribution is 2.46. The minimum atomic E-state index is -0.968. The van der Waals surface area contributed by atoms with E-state index in [9.17, 15) is 9.18 Å². The van der Waals surface area contributed by atoms with Crippen LogP contribution in [0.5, 0.6) is 0 Å². The van der Waals surface area contributed by atoms with Crippen LogP contribution in [-0.4, -0.2) is 58.5 Å². The van der Waals surface area contributed by atoms with Gasteiger partial charge in [0.1, 0.15) is 17.2 Å². The van der Waals surface area contributed by atoms with Crippen LogP contribution in [0.25, 0.3) is 5.82 Å². The van der Waals surface area contributed by atoms with Crippen LogP contribution in [0, 0.1) is 19.7 Å². The monoisotopic (exact) mass is 492 g/mol. The molecule has 4 aromatic rings. The van der Waals surface area contributed by atoms with E-state index in [0.717, 1.165) is 17.6 Å². The molecular formula is C23H25FN10O2. The summed E-state index contributed by atoms with van der Waals surface area (Å²) >= 11 is 0. The van der Waals surface area contributed by atoms with Crippen LogP contribution >= 0.6 is 0 Å². The number of aromatic nitrogens is 8. The van der Waals surface area contributed by atoms with Gasteiger partial charge in [-0.3, -0.25) is 14.9 Å². The molecule has 0 bridgehead atoms. The SMILES string of the molecule is COC1(C(=O)NCc2cnc(-n3cc(F)cn3)cn2)CC(c2nc(C)cc(Nc3cc(C)[nH]n3)n2)C1. The van der Waals surface area contributed by atoms with E-state index in [1.807, 2.05) is 26.0 Å². The fraction of sp³-hybridized carbons (Fsp3) is 0.348. The molecule has 0 atom stereocenters. The zero-order valence-electron chi connectivity index (χ0n) is 20.0. The number of hydrogen-bond donors (Lipinski definition) is 3. The second-order valence-corrected chi connectivity index (χ2v) is 8.77. The third-order valence-corrected chi connectivity index (χ3v) is 6.06. The number of methoxy groups -OCH3 is 1. The second-order valence-electron chi connectivity index (χ2n) is 8.77. The normalized spacial score (nSPS) is 19.1. The van der Waals surface area contributed by atoms with Crippen molar-refractivity contribution in [2.75, 3.05) is 12.4 Å². The highest BCUT2D eigenvalue weighted by Gasteiger charge is 2.52. The van der Waals surface area contributed by atoms with E-state index in [2.05, 4.69) is 45.9 Å². The quantitative estimate of drug-likeness (QED) is 0.337. The van der Waals surface area contributed by atoms with Crippen molar-refractivity contribution in [3.8, 4) is 5.82 Å². The number of carbonyl (C=O) groups excluding carboxylic acids is 1. The first-order chi connectivity index (χ1) is 17.3. The van der Waals surface area contributed by atoms with E-state index in [-0.39, 0.29) is 18.4 Å². The number of nitrogens with one attached hydrogen (secondary N) is 3. The van der Waals surface area contributed by atoms with Gasteiger partial charge in [-0.15, -0.1) is 0 Å². The molecule has 5 rings (SSSR count). The molecule has 0 unspecified atom stereocenters. The highest BCUT2D eigenvalue weighted by molar-refractivity contribution is 5.86. The third-order valence-electron chi connectivity index (χ3n) is 6.06. The summed E-state index contributed by atoms with van der Waals surface area (Å²) in [5.74, 6) is 1.62. The Labute approximate surface area is 205 Å². The first-order valence-corrected chi connectivity index (χ1v) is 11.3. The standard InChI is InChI=1S/C23H25FN10O2/c1-13-4-18(30-19-5-14(2)32-33-19)31-21(29-13)15-6-23(7-15,36-3)22(35)27-10-17-9-26-20(11-25-17)34-12-16(24)8-28-34/h4-5,8-9,11-12,15H,6-7,10H2,1-3H3,(H,27,35)(H2,29,30,31,32,33). The molecule has 1 aliphatic rings. The summed E-state index contributed by atoms with van der Waals surface area (Å²) in [6.45, 7) is 3.99. The van der Waals surface area contributed by atoms with Gasteiger partial charge in [0.25, 0.3) is 5.91 Å². The van der Waals surface area contributed by atoms with Crippen LogP contribution in [0.15, 0.2) is 36.9 Å². The Hall–Kier alpha value is -4.26. The van der Waals surface area contributed by atoms with Gasteiger partial charge in [-0.25, -0.2) is 24.0 Å². The lowest BCUT2D eigenvalue weighted by Gasteiger charge is -2.44. The molecular weight excluding hydrogens is 467 g/mol. The van der Waals surface area contributed by atoms with E-state index in [4.69, 9.17) is 4.74 Å². The number of amides is 1. The lowest BCUT2D eigenvalue weighted by atomic mass is 9.69. The Bertz CT molecular complexity index is 1380. The Balaban J connectivity index is 1.20. The van der Waals surface area contributed by atoms with Crippen LogP contribution in [0.3, 0.4) is 0 Å². The van der Waals surface area contributed by atoms with Gasteiger partial charge in [-0.1, -0.05) is 0 Å². The lowest BCUT2D eigenvalue weighted by Crippen LogP contribution is -2.56. The van der Waals surface area contributed by atoms with E-state index in [1.165, 1.54) is 30.4 Å². The van der Waals surface area contributed by atoms with E-state index >= 15 is 0 Å². The van der Waals surface area contributed by atoms with Gasteiger partial charge in [0.2, 0.25) is 0 Å². The zero-order valence-corrected chi connectivity index (χ0v) is 20.0. The van der Waals surface area contributed by atoms with Crippen molar-refractivity contribution in [2.45, 2.75) is 44.8 Å². The number of H-pyrrole nitrogens is 1. The Morgan fingerprint density at radius 2 is 2.03 bits per heavy atom. The summed E-state index contributed by atoms with van der Waals surface area (Å²) in [6, 6.07) is 3.73. The maximum Gasteiger partial charge on any atom is 0.252 e. The van der Waals surface area contributed by atoms with Crippen molar-refractivity contribution >= 4 is 17.5 Å². The van der Waals surface area contributed by atoms with Gasteiger partial charge in [0, 0.05) is 36.5 Å². The molecule has 0 radical (unpaired) electrons. The Morgan fingerprint density at radius 3 is 2.67 bits per heavy atom. The minimum Gasteiger partial charge on any atom is -0.368 e. The number of aryl methyl sites for hydroxylation is 2. The molecule has 0 aliphatic heterocycles. The number of ether oxygens (including phenoxy) is 1. The number of nitrogens with zero attached hydrogens (tertiary/aromatic N) is 7. The van der Waals surface area contributed by atoms with Gasteiger partial charge in [0.15, 0.2) is 17.5 Å². The number of halogens is 1. The molecule has 0 aromatic carbocycles. The highest BCUT2D eigenvalue weighted by atomic mass is 19.1. The fourth-order valence-corrected chi connectivity index (χ4v) is 4.13. The summed E-state index contributed by atoms with van der Waals surface area (Å²) in [5.41, 5.74) is 1.33. The Kier molecular flexibility index (Phi) is 6.14. The maximum atomic E-state index is 13.1. The van der Waals surface area contributed by atoms with Gasteiger partial charge in [-0.05, 0) is 26.7 Å². The van der Waals surface area contributed by atoms with Crippen LogP contribution in [0.2, 0.25) is 0 Å². The van der Waals surface area contributed by atoms with Crippen LogP contribution in [-0.2, 0) is 16.1 Å². The summed E-state index contributed by atoms with van der Waals surface area (Å²) in [5, 5.41) is 17.0. The number of aromatic amines is 1. The zero-order chi connectivity index (χ0) is 25.3. The van der Waals surface area contributed by atoms with Crippen molar-refractivity contribution in [1.29, 1.82) is 0 Å². The van der Waals surface area contributed by atoms with Crippen LogP contribution in [0.1, 0.15) is 41.7 Å². The Morgan fingerprint density at radius 1 is 1.19 bits per heavy atom. The van der Waals surface area contributed by atoms with Gasteiger partial charge in [-0.2, -0.15) is 10.2 Å². The molecule has 1 aliphatic carbocycles. The molecule has 0 spiro atoms. The number of anilines is 2. The molecule has 36 heavy (non-hydrogen) atoms. The predicted molar refractivity (Wildman–Crippen MR) is 126 cm³/mol. The molecule has 13 heteroatoms. The summed E-state index contributed by atoms with van der Waals surface area (Å²) in [4.78, 5) is 30.7. The van der Waals surface area contributed by atoms with Gasteiger partial charge < -0.3 is 15.4 Å². The lowest BCUT2D eigenvalue weighted by molar-refractivity contribution is -0.157. The second kappa shape index (κ2) is 9.41. The molecule has 4 heterocycles. The van der Waals surface area contributed by atoms with Crippen molar-refractivity contribution < 1.29 is 13.9 Å². The van der Waals surface area contributed by atoms with Crippen LogP contribution < -0.4 is 10.6 Å². The summed E-state index contributed by atoms with van der Waals surface area (Å²) in [6.07, 6.45) is 6.17. The van der Waals surface area contributed by atoms with E-state index in [1.54, 1.807) is 0 Å². The van der Waals surface area contributed by atoms with Crippen LogP contribution in [0.4, 0.5) is 16.0 Å². The molecule has 186 valence electrons. The average molecular weight is 493 g/mol. The molecule has 3 N–H and O–H groups in total. The molecule has 12 nitrogen and oxygen atoms in total. The largest absolute Gasteiger partial charge is 0.368 e. The fourth-order valence-electron chi connectivity index (χ4n) is 4.13. The minimum absolute atomic E-state index is 0.0226. The third kappa shape index (κ3) is 4.77. The molecule has 1 amide bonds. The molecule has 1 fully saturated rings. The first-order valence-electron chi connectivity index (χ1n) is 11.3. The van der Waals surface area contributed by atoms with Gasteiger partial charge >= 0.3 is 0 Å². The van der Waals surface area contributed by atoms with Crippen molar-refractivity contribution in [3.05, 3.63) is 65.6 Å². The number of rotatable bonds is 8. The van der Waals surface area contributed by atoms with E-state index < -0.39 is 11.4 Å². The topological polar surface area (TPSA) is 148 Å². The van der Waals surface area contributed by atoms with Crippen molar-refractivity contribution in [1.82, 2.24) is 45.2 Å². The average Bonchev–Trinajstić information content (AvgIpc) is 3.45. The summed E-state index contributed by atoms with van der Waals surface area (Å²) in [7, 11) is 1.53. The first kappa shape index (κ1) is 23.5. The van der Waals surface area contributed by atoms with Crippen molar-refractivity contribution in [2.24, 2.45) is 0 Å². The predicted octanol–water partition coefficient (Wildman–Crippen LogP) is 2.25.